The molecular formula is C20H25N5O2. The second-order valence-corrected chi connectivity index (χ2v) is 7.48. The molecule has 2 aromatic heterocycles. The van der Waals surface area contributed by atoms with Crippen molar-refractivity contribution in [1.29, 1.82) is 0 Å². The van der Waals surface area contributed by atoms with E-state index in [0.29, 0.717) is 30.5 Å². The van der Waals surface area contributed by atoms with Gasteiger partial charge in [-0.25, -0.2) is 0 Å². The number of carbonyl (C=O) groups excluding carboxylic acids is 2. The number of hydrogen-bond donors (Lipinski definition) is 2. The van der Waals surface area contributed by atoms with Crippen LogP contribution in [0.2, 0.25) is 0 Å². The SMILES string of the molecule is O=C(NC1CCCC1)[C@@H]1CCCN(C(=O)c2cc(-c3ccncc3)n[nH]2)C1. The minimum absolute atomic E-state index is 0.0961. The molecule has 2 N–H and O–H groups in total. The number of piperidine rings is 1. The fraction of sp³-hybridized carbons (Fsp3) is 0.500. The third kappa shape index (κ3) is 4.02. The summed E-state index contributed by atoms with van der Waals surface area (Å²) < 4.78 is 0. The van der Waals surface area contributed by atoms with Crippen LogP contribution in [0.3, 0.4) is 0 Å². The molecule has 4 rings (SSSR count). The molecule has 142 valence electrons. The molecule has 1 saturated carbocycles. The first-order valence-corrected chi connectivity index (χ1v) is 9.76. The van der Waals surface area contributed by atoms with Gasteiger partial charge in [-0.1, -0.05) is 12.8 Å². The molecule has 0 aromatic carbocycles. The smallest absolute Gasteiger partial charge is 0.271 e. The Morgan fingerprint density at radius 2 is 1.89 bits per heavy atom. The van der Waals surface area contributed by atoms with Gasteiger partial charge in [0, 0.05) is 37.1 Å². The maximum absolute atomic E-state index is 12.9. The zero-order chi connectivity index (χ0) is 18.6. The van der Waals surface area contributed by atoms with Crippen LogP contribution in [0.15, 0.2) is 30.6 Å². The average Bonchev–Trinajstić information content (AvgIpc) is 3.40. The van der Waals surface area contributed by atoms with Crippen LogP contribution in [0, 0.1) is 5.92 Å². The molecule has 0 radical (unpaired) electrons. The van der Waals surface area contributed by atoms with E-state index in [9.17, 15) is 9.59 Å². The van der Waals surface area contributed by atoms with Crippen molar-refractivity contribution in [3.63, 3.8) is 0 Å². The Morgan fingerprint density at radius 3 is 2.67 bits per heavy atom. The second kappa shape index (κ2) is 7.90. The Balaban J connectivity index is 1.40. The first-order chi connectivity index (χ1) is 13.2. The van der Waals surface area contributed by atoms with Crippen LogP contribution in [0.5, 0.6) is 0 Å². The van der Waals surface area contributed by atoms with Gasteiger partial charge in [-0.2, -0.15) is 5.10 Å². The van der Waals surface area contributed by atoms with Crippen molar-refractivity contribution in [1.82, 2.24) is 25.4 Å². The lowest BCUT2D eigenvalue weighted by atomic mass is 9.96. The average molecular weight is 367 g/mol. The van der Waals surface area contributed by atoms with Gasteiger partial charge in [-0.15, -0.1) is 0 Å². The molecule has 0 unspecified atom stereocenters. The first-order valence-electron chi connectivity index (χ1n) is 9.76. The molecule has 1 atom stereocenters. The van der Waals surface area contributed by atoms with Crippen LogP contribution in [-0.4, -0.2) is 51.0 Å². The van der Waals surface area contributed by atoms with Gasteiger partial charge in [0.05, 0.1) is 11.6 Å². The zero-order valence-electron chi connectivity index (χ0n) is 15.4. The zero-order valence-corrected chi connectivity index (χ0v) is 15.4. The number of pyridine rings is 1. The number of H-pyrrole nitrogens is 1. The Morgan fingerprint density at radius 1 is 1.11 bits per heavy atom. The van der Waals surface area contributed by atoms with Crippen molar-refractivity contribution < 1.29 is 9.59 Å². The number of nitrogens with zero attached hydrogens (tertiary/aromatic N) is 3. The van der Waals surface area contributed by atoms with E-state index in [1.165, 1.54) is 12.8 Å². The van der Waals surface area contributed by atoms with E-state index in [4.69, 9.17) is 0 Å². The molecule has 0 spiro atoms. The monoisotopic (exact) mass is 367 g/mol. The number of aromatic nitrogens is 3. The van der Waals surface area contributed by atoms with Crippen molar-refractivity contribution in [2.75, 3.05) is 13.1 Å². The molecule has 1 aliphatic carbocycles. The summed E-state index contributed by atoms with van der Waals surface area (Å²) in [5.74, 6) is -0.117. The number of rotatable bonds is 4. The van der Waals surface area contributed by atoms with E-state index in [1.807, 2.05) is 12.1 Å². The Labute approximate surface area is 158 Å². The lowest BCUT2D eigenvalue weighted by Crippen LogP contribution is -2.47. The fourth-order valence-corrected chi connectivity index (χ4v) is 4.04. The van der Waals surface area contributed by atoms with Gasteiger partial charge in [-0.05, 0) is 43.9 Å². The highest BCUT2D eigenvalue weighted by Crippen LogP contribution is 2.23. The third-order valence-electron chi connectivity index (χ3n) is 5.57. The Kier molecular flexibility index (Phi) is 5.18. The Hall–Kier alpha value is -2.70. The topological polar surface area (TPSA) is 91.0 Å². The molecule has 1 saturated heterocycles. The van der Waals surface area contributed by atoms with Gasteiger partial charge >= 0.3 is 0 Å². The second-order valence-electron chi connectivity index (χ2n) is 7.48. The summed E-state index contributed by atoms with van der Waals surface area (Å²) >= 11 is 0. The minimum atomic E-state index is -0.120. The molecule has 2 amide bonds. The largest absolute Gasteiger partial charge is 0.353 e. The van der Waals surface area contributed by atoms with E-state index < -0.39 is 0 Å². The highest BCUT2D eigenvalue weighted by molar-refractivity contribution is 5.94. The van der Waals surface area contributed by atoms with Crippen LogP contribution in [0.1, 0.15) is 49.0 Å². The van der Waals surface area contributed by atoms with Crippen LogP contribution >= 0.6 is 0 Å². The molecule has 7 nitrogen and oxygen atoms in total. The molecule has 27 heavy (non-hydrogen) atoms. The van der Waals surface area contributed by atoms with Crippen LogP contribution in [0.25, 0.3) is 11.3 Å². The normalized spacial score (nSPS) is 20.6. The standard InChI is InChI=1S/C20H25N5O2/c26-19(22-16-5-1-2-6-16)15-4-3-11-25(13-15)20(27)18-12-17(23-24-18)14-7-9-21-10-8-14/h7-10,12,15-16H,1-6,11,13H2,(H,22,26)(H,23,24)/t15-/m1/s1. The molecule has 2 fully saturated rings. The molecule has 3 heterocycles. The van der Waals surface area contributed by atoms with Crippen molar-refractivity contribution >= 4 is 11.8 Å². The quantitative estimate of drug-likeness (QED) is 0.868. The molecule has 1 aliphatic heterocycles. The van der Waals surface area contributed by atoms with Gasteiger partial charge in [0.1, 0.15) is 5.69 Å². The van der Waals surface area contributed by atoms with Crippen molar-refractivity contribution in [3.8, 4) is 11.3 Å². The van der Waals surface area contributed by atoms with Crippen LogP contribution in [-0.2, 0) is 4.79 Å². The minimum Gasteiger partial charge on any atom is -0.353 e. The molecular weight excluding hydrogens is 342 g/mol. The first kappa shape index (κ1) is 17.7. The summed E-state index contributed by atoms with van der Waals surface area (Å²) in [4.78, 5) is 31.2. The van der Waals surface area contributed by atoms with E-state index in [2.05, 4.69) is 20.5 Å². The van der Waals surface area contributed by atoms with Crippen LogP contribution < -0.4 is 5.32 Å². The fourth-order valence-electron chi connectivity index (χ4n) is 4.04. The highest BCUT2D eigenvalue weighted by atomic mass is 16.2. The van der Waals surface area contributed by atoms with Gasteiger partial charge < -0.3 is 10.2 Å². The van der Waals surface area contributed by atoms with E-state index in [0.717, 1.165) is 31.2 Å². The van der Waals surface area contributed by atoms with E-state index in [1.54, 1.807) is 23.4 Å². The number of nitrogens with one attached hydrogen (secondary N) is 2. The molecule has 2 aliphatic rings. The van der Waals surface area contributed by atoms with Gasteiger partial charge in [0.2, 0.25) is 5.91 Å². The summed E-state index contributed by atoms with van der Waals surface area (Å²) in [5, 5.41) is 10.3. The number of carbonyl (C=O) groups is 2. The maximum Gasteiger partial charge on any atom is 0.271 e. The van der Waals surface area contributed by atoms with Gasteiger partial charge in [0.15, 0.2) is 0 Å². The summed E-state index contributed by atoms with van der Waals surface area (Å²) in [6.07, 6.45) is 9.63. The molecule has 7 heteroatoms. The van der Waals surface area contributed by atoms with Crippen molar-refractivity contribution in [2.45, 2.75) is 44.6 Å². The maximum atomic E-state index is 12.9. The van der Waals surface area contributed by atoms with Crippen molar-refractivity contribution in [2.24, 2.45) is 5.92 Å². The number of amides is 2. The third-order valence-corrected chi connectivity index (χ3v) is 5.57. The lowest BCUT2D eigenvalue weighted by molar-refractivity contribution is -0.127. The number of aromatic amines is 1. The molecule has 2 aromatic rings. The predicted octanol–water partition coefficient (Wildman–Crippen LogP) is 2.38. The Bertz CT molecular complexity index is 798. The lowest BCUT2D eigenvalue weighted by Gasteiger charge is -2.32. The highest BCUT2D eigenvalue weighted by Gasteiger charge is 2.31. The summed E-state index contributed by atoms with van der Waals surface area (Å²) in [6, 6.07) is 5.79. The summed E-state index contributed by atoms with van der Waals surface area (Å²) in [5.41, 5.74) is 2.08. The van der Waals surface area contributed by atoms with Crippen LogP contribution in [0.4, 0.5) is 0 Å². The van der Waals surface area contributed by atoms with Gasteiger partial charge in [-0.3, -0.25) is 19.7 Å². The van der Waals surface area contributed by atoms with Crippen molar-refractivity contribution in [3.05, 3.63) is 36.3 Å². The number of likely N-dealkylation sites (tertiary alicyclic amines) is 1. The summed E-state index contributed by atoms with van der Waals surface area (Å²) in [7, 11) is 0. The van der Waals surface area contributed by atoms with E-state index >= 15 is 0 Å². The number of hydrogen-bond acceptors (Lipinski definition) is 4. The summed E-state index contributed by atoms with van der Waals surface area (Å²) in [6.45, 7) is 1.15. The predicted molar refractivity (Wildman–Crippen MR) is 101 cm³/mol. The molecule has 0 bridgehead atoms. The van der Waals surface area contributed by atoms with E-state index in [-0.39, 0.29) is 17.7 Å². The van der Waals surface area contributed by atoms with Gasteiger partial charge in [0.25, 0.3) is 5.91 Å².